The molecule has 0 saturated carbocycles. The highest BCUT2D eigenvalue weighted by molar-refractivity contribution is 6.31. The van der Waals surface area contributed by atoms with Crippen LogP contribution in [-0.2, 0) is 0 Å². The van der Waals surface area contributed by atoms with Crippen LogP contribution in [0.25, 0.3) is 10.9 Å². The van der Waals surface area contributed by atoms with Gasteiger partial charge in [0.15, 0.2) is 0 Å². The summed E-state index contributed by atoms with van der Waals surface area (Å²) in [5, 5.41) is 11.5. The lowest BCUT2D eigenvalue weighted by Crippen LogP contribution is -2.10. The normalized spacial score (nSPS) is 10.5. The summed E-state index contributed by atoms with van der Waals surface area (Å²) in [5.41, 5.74) is -0.710. The van der Waals surface area contributed by atoms with Gasteiger partial charge in [0, 0.05) is 16.5 Å². The lowest BCUT2D eigenvalue weighted by atomic mass is 10.2. The molecule has 0 saturated heterocycles. The Labute approximate surface area is 88.5 Å². The summed E-state index contributed by atoms with van der Waals surface area (Å²) < 4.78 is 0. The summed E-state index contributed by atoms with van der Waals surface area (Å²) in [5.74, 6) is 0. The Hall–Kier alpha value is -1.88. The predicted octanol–water partition coefficient (Wildman–Crippen LogP) is 2.09. The van der Waals surface area contributed by atoms with Crippen LogP contribution in [0, 0.1) is 10.1 Å². The summed E-state index contributed by atoms with van der Waals surface area (Å²) in [7, 11) is 0. The topological polar surface area (TPSA) is 76.0 Å². The van der Waals surface area contributed by atoms with Crippen molar-refractivity contribution in [1.29, 1.82) is 0 Å². The molecule has 0 unspecified atom stereocenters. The molecule has 0 spiro atoms. The number of aromatic amines is 1. The molecule has 1 heterocycles. The quantitative estimate of drug-likeness (QED) is 0.595. The maximum atomic E-state index is 11.2. The zero-order valence-corrected chi connectivity index (χ0v) is 8.12. The Morgan fingerprint density at radius 1 is 1.33 bits per heavy atom. The van der Waals surface area contributed by atoms with Crippen LogP contribution in [0.4, 0.5) is 5.69 Å². The van der Waals surface area contributed by atoms with E-state index in [1.54, 1.807) is 18.2 Å². The molecule has 6 heteroatoms. The summed E-state index contributed by atoms with van der Waals surface area (Å²) in [6.45, 7) is 0. The number of nitrogens with one attached hydrogen (secondary N) is 1. The molecule has 0 aliphatic heterocycles. The zero-order valence-electron chi connectivity index (χ0n) is 7.36. The van der Waals surface area contributed by atoms with Crippen molar-refractivity contribution in [1.82, 2.24) is 4.98 Å². The number of rotatable bonds is 1. The first-order chi connectivity index (χ1) is 7.08. The summed E-state index contributed by atoms with van der Waals surface area (Å²) in [4.78, 5) is 23.4. The third kappa shape index (κ3) is 1.69. The van der Waals surface area contributed by atoms with Crippen molar-refractivity contribution in [2.45, 2.75) is 0 Å². The first kappa shape index (κ1) is 9.67. The molecule has 0 bridgehead atoms. The molecule has 1 N–H and O–H groups in total. The fourth-order valence-corrected chi connectivity index (χ4v) is 1.47. The number of nitro groups is 1. The van der Waals surface area contributed by atoms with E-state index >= 15 is 0 Å². The standard InChI is InChI=1S/C9H5ClN2O3/c10-6-2-1-5-3-8(12(14)15)9(13)11-7(5)4-6/h1-4H,(H,11,13). The molecule has 0 fully saturated rings. The van der Waals surface area contributed by atoms with Gasteiger partial charge in [-0.3, -0.25) is 14.9 Å². The highest BCUT2D eigenvalue weighted by Crippen LogP contribution is 2.18. The van der Waals surface area contributed by atoms with Gasteiger partial charge in [0.1, 0.15) is 0 Å². The lowest BCUT2D eigenvalue weighted by molar-refractivity contribution is -0.386. The monoisotopic (exact) mass is 224 g/mol. The van der Waals surface area contributed by atoms with Gasteiger partial charge >= 0.3 is 11.2 Å². The molecule has 0 aliphatic rings. The first-order valence-electron chi connectivity index (χ1n) is 4.05. The van der Waals surface area contributed by atoms with E-state index in [1.165, 1.54) is 6.07 Å². The highest BCUT2D eigenvalue weighted by Gasteiger charge is 2.12. The maximum absolute atomic E-state index is 11.2. The minimum atomic E-state index is -0.727. The van der Waals surface area contributed by atoms with Crippen LogP contribution in [0.15, 0.2) is 29.1 Å². The minimum Gasteiger partial charge on any atom is -0.316 e. The number of hydrogen-bond acceptors (Lipinski definition) is 3. The predicted molar refractivity (Wildman–Crippen MR) is 56.2 cm³/mol. The molecule has 2 aromatic rings. The third-order valence-electron chi connectivity index (χ3n) is 1.99. The third-order valence-corrected chi connectivity index (χ3v) is 2.22. The van der Waals surface area contributed by atoms with Crippen molar-refractivity contribution < 1.29 is 4.92 Å². The van der Waals surface area contributed by atoms with E-state index in [-0.39, 0.29) is 0 Å². The molecule has 76 valence electrons. The van der Waals surface area contributed by atoms with Crippen LogP contribution in [0.2, 0.25) is 5.02 Å². The Bertz CT molecular complexity index is 606. The largest absolute Gasteiger partial charge is 0.334 e. The van der Waals surface area contributed by atoms with Crippen molar-refractivity contribution in [3.8, 4) is 0 Å². The van der Waals surface area contributed by atoms with E-state index in [4.69, 9.17) is 11.6 Å². The zero-order chi connectivity index (χ0) is 11.0. The van der Waals surface area contributed by atoms with Gasteiger partial charge in [-0.15, -0.1) is 0 Å². The smallest absolute Gasteiger partial charge is 0.316 e. The molecule has 2 rings (SSSR count). The van der Waals surface area contributed by atoms with E-state index in [2.05, 4.69) is 4.98 Å². The molecule has 0 aliphatic carbocycles. The van der Waals surface area contributed by atoms with Gasteiger partial charge in [0.25, 0.3) is 0 Å². The van der Waals surface area contributed by atoms with E-state index in [0.29, 0.717) is 15.9 Å². The Morgan fingerprint density at radius 2 is 2.07 bits per heavy atom. The average molecular weight is 225 g/mol. The van der Waals surface area contributed by atoms with E-state index < -0.39 is 16.2 Å². The molecule has 1 aromatic carbocycles. The van der Waals surface area contributed by atoms with Crippen molar-refractivity contribution in [3.05, 3.63) is 49.8 Å². The van der Waals surface area contributed by atoms with Gasteiger partial charge in [-0.25, -0.2) is 0 Å². The highest BCUT2D eigenvalue weighted by atomic mass is 35.5. The van der Waals surface area contributed by atoms with E-state index in [1.807, 2.05) is 0 Å². The number of halogens is 1. The Kier molecular flexibility index (Phi) is 2.17. The Balaban J connectivity index is 2.82. The second-order valence-electron chi connectivity index (χ2n) is 2.97. The minimum absolute atomic E-state index is 0.465. The fraction of sp³-hybridized carbons (Fsp3) is 0. The second kappa shape index (κ2) is 3.36. The number of nitrogens with zero attached hydrogens (tertiary/aromatic N) is 1. The van der Waals surface area contributed by atoms with Gasteiger partial charge in [-0.1, -0.05) is 17.7 Å². The van der Waals surface area contributed by atoms with E-state index in [0.717, 1.165) is 0 Å². The van der Waals surface area contributed by atoms with Crippen molar-refractivity contribution in [2.24, 2.45) is 0 Å². The summed E-state index contributed by atoms with van der Waals surface area (Å²) in [6.07, 6.45) is 0. The number of aromatic nitrogens is 1. The molecule has 0 amide bonds. The van der Waals surface area contributed by atoms with Crippen LogP contribution in [0.1, 0.15) is 0 Å². The molecule has 1 aromatic heterocycles. The summed E-state index contributed by atoms with van der Waals surface area (Å²) >= 11 is 5.72. The maximum Gasteiger partial charge on any atom is 0.334 e. The summed E-state index contributed by atoms with van der Waals surface area (Å²) in [6, 6.07) is 5.99. The molecular weight excluding hydrogens is 220 g/mol. The van der Waals surface area contributed by atoms with Crippen LogP contribution in [-0.4, -0.2) is 9.91 Å². The number of H-pyrrole nitrogens is 1. The number of fused-ring (bicyclic) bond motifs is 1. The molecule has 0 atom stereocenters. The molecule has 15 heavy (non-hydrogen) atoms. The van der Waals surface area contributed by atoms with Crippen LogP contribution in [0.5, 0.6) is 0 Å². The van der Waals surface area contributed by atoms with Gasteiger partial charge in [0.2, 0.25) is 0 Å². The Morgan fingerprint density at radius 3 is 2.73 bits per heavy atom. The number of pyridine rings is 1. The molecule has 5 nitrogen and oxygen atoms in total. The second-order valence-corrected chi connectivity index (χ2v) is 3.41. The number of benzene rings is 1. The van der Waals surface area contributed by atoms with Gasteiger partial charge in [-0.2, -0.15) is 0 Å². The van der Waals surface area contributed by atoms with E-state index in [9.17, 15) is 14.9 Å². The van der Waals surface area contributed by atoms with Gasteiger partial charge < -0.3 is 4.98 Å². The van der Waals surface area contributed by atoms with Gasteiger partial charge in [-0.05, 0) is 12.1 Å². The first-order valence-corrected chi connectivity index (χ1v) is 4.43. The van der Waals surface area contributed by atoms with Crippen molar-refractivity contribution >= 4 is 28.2 Å². The van der Waals surface area contributed by atoms with Crippen LogP contribution < -0.4 is 5.56 Å². The molecular formula is C9H5ClN2O3. The molecule has 0 radical (unpaired) electrons. The number of hydrogen-bond donors (Lipinski definition) is 1. The van der Waals surface area contributed by atoms with Crippen molar-refractivity contribution in [2.75, 3.05) is 0 Å². The average Bonchev–Trinajstić information content (AvgIpc) is 2.15. The fourth-order valence-electron chi connectivity index (χ4n) is 1.30. The SMILES string of the molecule is O=c1[nH]c2cc(Cl)ccc2cc1[N+](=O)[O-]. The van der Waals surface area contributed by atoms with Gasteiger partial charge in [0.05, 0.1) is 10.4 Å². The van der Waals surface area contributed by atoms with Crippen molar-refractivity contribution in [3.63, 3.8) is 0 Å². The van der Waals surface area contributed by atoms with Crippen LogP contribution >= 0.6 is 11.6 Å². The van der Waals surface area contributed by atoms with Crippen LogP contribution in [0.3, 0.4) is 0 Å². The lowest BCUT2D eigenvalue weighted by Gasteiger charge is -1.97.